The lowest BCUT2D eigenvalue weighted by Crippen LogP contribution is -2.37. The third-order valence-corrected chi connectivity index (χ3v) is 2.08. The number of aliphatic carboxylic acids is 1. The van der Waals surface area contributed by atoms with E-state index in [1.165, 1.54) is 0 Å². The van der Waals surface area contributed by atoms with Crippen LogP contribution in [0, 0.1) is 11.3 Å². The summed E-state index contributed by atoms with van der Waals surface area (Å²) in [6, 6.07) is 0. The van der Waals surface area contributed by atoms with Crippen LogP contribution in [0.1, 0.15) is 27.2 Å². The van der Waals surface area contributed by atoms with E-state index in [2.05, 4.69) is 0 Å². The summed E-state index contributed by atoms with van der Waals surface area (Å²) in [7, 11) is 0. The first kappa shape index (κ1) is 14.1. The monoisotopic (exact) mass is 218 g/mol. The predicted molar refractivity (Wildman–Crippen MR) is 53.3 cm³/mol. The number of carbonyl (C=O) groups excluding carboxylic acids is 1. The maximum Gasteiger partial charge on any atom is 0.314 e. The van der Waals surface area contributed by atoms with Crippen molar-refractivity contribution in [2.45, 2.75) is 33.3 Å². The molecule has 0 aliphatic carbocycles. The number of carbonyl (C=O) groups is 2. The number of carboxylic acid groups (broad SMARTS) is 1. The summed E-state index contributed by atoms with van der Waals surface area (Å²) < 4.78 is 0. The minimum Gasteiger partial charge on any atom is -0.481 e. The van der Waals surface area contributed by atoms with Crippen molar-refractivity contribution in [2.24, 2.45) is 11.3 Å². The van der Waals surface area contributed by atoms with E-state index in [4.69, 9.17) is 15.3 Å². The smallest absolute Gasteiger partial charge is 0.314 e. The molecule has 2 atom stereocenters. The Morgan fingerprint density at radius 2 is 1.73 bits per heavy atom. The lowest BCUT2D eigenvalue weighted by atomic mass is 9.77. The second-order valence-corrected chi connectivity index (χ2v) is 4.64. The molecule has 5 heteroatoms. The van der Waals surface area contributed by atoms with Crippen LogP contribution in [0.15, 0.2) is 0 Å². The molecule has 5 nitrogen and oxygen atoms in total. The minimum absolute atomic E-state index is 0.329. The fourth-order valence-corrected chi connectivity index (χ4v) is 1.41. The molecule has 0 heterocycles. The van der Waals surface area contributed by atoms with E-state index in [-0.39, 0.29) is 6.42 Å². The molecule has 0 saturated heterocycles. The first-order chi connectivity index (χ1) is 6.70. The Labute approximate surface area is 88.7 Å². The summed E-state index contributed by atoms with van der Waals surface area (Å²) in [6.45, 7) is 4.40. The van der Waals surface area contributed by atoms with Gasteiger partial charge in [-0.15, -0.1) is 0 Å². The van der Waals surface area contributed by atoms with Gasteiger partial charge in [0.05, 0.1) is 12.7 Å². The molecule has 0 saturated carbocycles. The standard InChI is InChI=1S/C10H18O5/c1-10(2,3)8(9(14)15)7(13)4-6(12)5-11/h6,8,11-12H,4-5H2,1-3H3,(H,14,15)/t6-,8?/m0/s1. The Morgan fingerprint density at radius 3 is 2.00 bits per heavy atom. The zero-order valence-corrected chi connectivity index (χ0v) is 9.23. The van der Waals surface area contributed by atoms with Gasteiger partial charge in [-0.1, -0.05) is 20.8 Å². The van der Waals surface area contributed by atoms with Crippen LogP contribution in [0.2, 0.25) is 0 Å². The van der Waals surface area contributed by atoms with Crippen LogP contribution in [0.5, 0.6) is 0 Å². The van der Waals surface area contributed by atoms with Crippen LogP contribution in [-0.2, 0) is 9.59 Å². The molecule has 0 aliphatic heterocycles. The summed E-state index contributed by atoms with van der Waals surface area (Å²) in [6.07, 6.45) is -1.51. The van der Waals surface area contributed by atoms with Gasteiger partial charge >= 0.3 is 5.97 Å². The van der Waals surface area contributed by atoms with Gasteiger partial charge in [-0.05, 0) is 5.41 Å². The van der Waals surface area contributed by atoms with E-state index in [1.807, 2.05) is 0 Å². The molecule has 0 fully saturated rings. The molecular formula is C10H18O5. The molecule has 1 unspecified atom stereocenters. The first-order valence-corrected chi connectivity index (χ1v) is 4.74. The first-order valence-electron chi connectivity index (χ1n) is 4.74. The Bertz CT molecular complexity index is 241. The lowest BCUT2D eigenvalue weighted by Gasteiger charge is -2.26. The molecular weight excluding hydrogens is 200 g/mol. The summed E-state index contributed by atoms with van der Waals surface area (Å²) >= 11 is 0. The normalized spacial score (nSPS) is 15.8. The van der Waals surface area contributed by atoms with Gasteiger partial charge in [-0.25, -0.2) is 0 Å². The number of Topliss-reactive ketones (excluding diaryl/α,β-unsaturated/α-hetero) is 1. The van der Waals surface area contributed by atoms with E-state index < -0.39 is 35.8 Å². The zero-order valence-electron chi connectivity index (χ0n) is 9.23. The summed E-state index contributed by atoms with van der Waals surface area (Å²) in [4.78, 5) is 22.4. The van der Waals surface area contributed by atoms with Gasteiger partial charge in [-0.3, -0.25) is 9.59 Å². The van der Waals surface area contributed by atoms with Gasteiger partial charge in [0.15, 0.2) is 0 Å². The second-order valence-electron chi connectivity index (χ2n) is 4.64. The van der Waals surface area contributed by atoms with Crippen molar-refractivity contribution in [3.8, 4) is 0 Å². The van der Waals surface area contributed by atoms with E-state index in [0.29, 0.717) is 0 Å². The SMILES string of the molecule is CC(C)(C)C(C(=O)O)C(=O)C[C@H](O)CO. The molecule has 0 spiro atoms. The molecule has 3 N–H and O–H groups in total. The molecule has 0 aromatic rings. The van der Waals surface area contributed by atoms with Crippen LogP contribution in [0.4, 0.5) is 0 Å². The quantitative estimate of drug-likeness (QED) is 0.566. The van der Waals surface area contributed by atoms with Gasteiger partial charge < -0.3 is 15.3 Å². The van der Waals surface area contributed by atoms with Crippen molar-refractivity contribution in [1.29, 1.82) is 0 Å². The molecule has 0 aliphatic rings. The Hall–Kier alpha value is -0.940. The molecule has 88 valence electrons. The Kier molecular flexibility index (Phi) is 4.90. The predicted octanol–water partition coefficient (Wildman–Crippen LogP) is 0.0457. The summed E-state index contributed by atoms with van der Waals surface area (Å²) in [5.74, 6) is -2.91. The van der Waals surface area contributed by atoms with Gasteiger partial charge in [0, 0.05) is 6.42 Å². The summed E-state index contributed by atoms with van der Waals surface area (Å²) in [5, 5.41) is 26.5. The van der Waals surface area contributed by atoms with Gasteiger partial charge in [0.25, 0.3) is 0 Å². The van der Waals surface area contributed by atoms with Crippen LogP contribution >= 0.6 is 0 Å². The van der Waals surface area contributed by atoms with E-state index in [9.17, 15) is 9.59 Å². The van der Waals surface area contributed by atoms with Crippen LogP contribution in [-0.4, -0.2) is 39.8 Å². The molecule has 0 bridgehead atoms. The maximum atomic E-state index is 11.5. The molecule has 0 amide bonds. The molecule has 0 aromatic heterocycles. The van der Waals surface area contributed by atoms with Crippen LogP contribution in [0.25, 0.3) is 0 Å². The third-order valence-electron chi connectivity index (χ3n) is 2.08. The highest BCUT2D eigenvalue weighted by atomic mass is 16.4. The molecule has 15 heavy (non-hydrogen) atoms. The van der Waals surface area contributed by atoms with Crippen molar-refractivity contribution in [3.05, 3.63) is 0 Å². The third kappa shape index (κ3) is 4.40. The number of aliphatic hydroxyl groups excluding tert-OH is 2. The van der Waals surface area contributed by atoms with Crippen LogP contribution < -0.4 is 0 Å². The number of carboxylic acids is 1. The highest BCUT2D eigenvalue weighted by Crippen LogP contribution is 2.28. The maximum absolute atomic E-state index is 11.5. The average molecular weight is 218 g/mol. The van der Waals surface area contributed by atoms with Gasteiger partial charge in [0.1, 0.15) is 11.7 Å². The highest BCUT2D eigenvalue weighted by molar-refractivity contribution is 5.99. The number of rotatable bonds is 5. The highest BCUT2D eigenvalue weighted by Gasteiger charge is 2.37. The lowest BCUT2D eigenvalue weighted by molar-refractivity contribution is -0.151. The van der Waals surface area contributed by atoms with Crippen molar-refractivity contribution in [1.82, 2.24) is 0 Å². The zero-order chi connectivity index (χ0) is 12.2. The topological polar surface area (TPSA) is 94.8 Å². The average Bonchev–Trinajstić information content (AvgIpc) is 1.99. The molecule has 0 radical (unpaired) electrons. The van der Waals surface area contributed by atoms with E-state index in [0.717, 1.165) is 0 Å². The molecule has 0 aromatic carbocycles. The fourth-order valence-electron chi connectivity index (χ4n) is 1.41. The Morgan fingerprint density at radius 1 is 1.27 bits per heavy atom. The van der Waals surface area contributed by atoms with E-state index in [1.54, 1.807) is 20.8 Å². The number of hydrogen-bond donors (Lipinski definition) is 3. The van der Waals surface area contributed by atoms with E-state index >= 15 is 0 Å². The van der Waals surface area contributed by atoms with Gasteiger partial charge in [-0.2, -0.15) is 0 Å². The van der Waals surface area contributed by atoms with Crippen molar-refractivity contribution >= 4 is 11.8 Å². The summed E-state index contributed by atoms with van der Waals surface area (Å²) in [5.41, 5.74) is -0.696. The van der Waals surface area contributed by atoms with Gasteiger partial charge in [0.2, 0.25) is 0 Å². The number of aliphatic hydroxyl groups is 2. The van der Waals surface area contributed by atoms with Crippen molar-refractivity contribution < 1.29 is 24.9 Å². The largest absolute Gasteiger partial charge is 0.481 e. The molecule has 0 rings (SSSR count). The van der Waals surface area contributed by atoms with Crippen molar-refractivity contribution in [3.63, 3.8) is 0 Å². The number of ketones is 1. The van der Waals surface area contributed by atoms with Crippen molar-refractivity contribution in [2.75, 3.05) is 6.61 Å². The van der Waals surface area contributed by atoms with Crippen LogP contribution in [0.3, 0.4) is 0 Å². The Balaban J connectivity index is 4.66. The fraction of sp³-hybridized carbons (Fsp3) is 0.800. The second kappa shape index (κ2) is 5.23. The minimum atomic E-state index is -1.20. The number of hydrogen-bond acceptors (Lipinski definition) is 4.